The molecule has 0 fully saturated rings. The Hall–Kier alpha value is -1.75. The smallest absolute Gasteiger partial charge is 0.0730 e. The molecule has 1 heterocycles. The molecular weight excluding hydrogens is 285 g/mol. The van der Waals surface area contributed by atoms with E-state index >= 15 is 0 Å². The number of rotatable bonds is 0. The molecule has 0 atom stereocenters. The van der Waals surface area contributed by atoms with Crippen molar-refractivity contribution in [2.75, 3.05) is 11.5 Å². The minimum Gasteiger partial charge on any atom is -0.412 e. The summed E-state index contributed by atoms with van der Waals surface area (Å²) in [4.78, 5) is 4.54. The zero-order valence-electron chi connectivity index (χ0n) is 9.96. The lowest BCUT2D eigenvalue weighted by molar-refractivity contribution is 0.824. The molecule has 102 valence electrons. The monoisotopic (exact) mass is 299 g/mol. The minimum absolute atomic E-state index is 0. The van der Waals surface area contributed by atoms with Gasteiger partial charge in [0, 0.05) is 22.1 Å². The normalized spacial score (nSPS) is 9.26. The number of nitrogen functional groups attached to an aromatic ring is 2. The summed E-state index contributed by atoms with van der Waals surface area (Å²) in [5, 5.41) is 2.18. The molecule has 6 N–H and O–H groups in total. The Kier molecular flexibility index (Phi) is 5.83. The fourth-order valence-electron chi connectivity index (χ4n) is 1.86. The maximum Gasteiger partial charge on any atom is 0.0730 e. The van der Waals surface area contributed by atoms with Crippen LogP contribution in [0.4, 0.5) is 11.4 Å². The average Bonchev–Trinajstić information content (AvgIpc) is 2.26. The van der Waals surface area contributed by atoms with Crippen LogP contribution in [0.2, 0.25) is 0 Å². The van der Waals surface area contributed by atoms with E-state index in [1.165, 1.54) is 0 Å². The first-order chi connectivity index (χ1) is 7.72. The molecule has 0 unspecified atom stereocenters. The summed E-state index contributed by atoms with van der Waals surface area (Å²) in [7, 11) is 0. The Bertz CT molecular complexity index is 647. The van der Waals surface area contributed by atoms with Gasteiger partial charge in [-0.05, 0) is 30.3 Å². The first kappa shape index (κ1) is 17.2. The van der Waals surface area contributed by atoms with Crippen LogP contribution in [0.3, 0.4) is 0 Å². The number of benzene rings is 2. The predicted molar refractivity (Wildman–Crippen MR) is 86.2 cm³/mol. The number of nitrogens with two attached hydrogens (primary N) is 2. The van der Waals surface area contributed by atoms with Gasteiger partial charge >= 0.3 is 0 Å². The molecule has 0 spiro atoms. The summed E-state index contributed by atoms with van der Waals surface area (Å²) in [5.74, 6) is 0. The van der Waals surface area contributed by atoms with Crippen LogP contribution in [0.1, 0.15) is 0 Å². The molecule has 0 aliphatic heterocycles. The topological polar surface area (TPSA) is 96.4 Å². The van der Waals surface area contributed by atoms with E-state index in [4.69, 9.17) is 11.5 Å². The van der Waals surface area contributed by atoms with Gasteiger partial charge in [-0.3, -0.25) is 0 Å². The quantitative estimate of drug-likeness (QED) is 0.493. The van der Waals surface area contributed by atoms with Crippen molar-refractivity contribution >= 4 is 58.0 Å². The van der Waals surface area contributed by atoms with E-state index in [0.29, 0.717) is 0 Å². The number of hydrogen-bond acceptors (Lipinski definition) is 3. The van der Waals surface area contributed by atoms with Crippen molar-refractivity contribution in [2.24, 2.45) is 0 Å². The van der Waals surface area contributed by atoms with Gasteiger partial charge in [0.2, 0.25) is 0 Å². The molecule has 0 saturated heterocycles. The second-order valence-electron chi connectivity index (χ2n) is 3.89. The van der Waals surface area contributed by atoms with Gasteiger partial charge in [0.15, 0.2) is 0 Å². The summed E-state index contributed by atoms with van der Waals surface area (Å²) in [5.41, 5.74) is 14.7. The maximum absolute atomic E-state index is 5.73. The van der Waals surface area contributed by atoms with Gasteiger partial charge < -0.3 is 16.9 Å². The maximum atomic E-state index is 5.73. The highest BCUT2D eigenvalue weighted by molar-refractivity contribution is 5.94. The van der Waals surface area contributed by atoms with Crippen molar-refractivity contribution in [3.63, 3.8) is 0 Å². The van der Waals surface area contributed by atoms with Crippen LogP contribution < -0.4 is 11.5 Å². The van der Waals surface area contributed by atoms with E-state index in [9.17, 15) is 0 Å². The first-order valence-electron chi connectivity index (χ1n) is 5.08. The van der Waals surface area contributed by atoms with Crippen molar-refractivity contribution in [3.8, 4) is 0 Å². The van der Waals surface area contributed by atoms with Gasteiger partial charge in [0.25, 0.3) is 0 Å². The zero-order chi connectivity index (χ0) is 11.1. The van der Waals surface area contributed by atoms with E-state index in [2.05, 4.69) is 11.1 Å². The Morgan fingerprint density at radius 1 is 0.684 bits per heavy atom. The molecule has 6 heteroatoms. The Labute approximate surface area is 122 Å². The van der Waals surface area contributed by atoms with Crippen molar-refractivity contribution in [1.82, 2.24) is 4.98 Å². The molecule has 0 aliphatic rings. The Morgan fingerprint density at radius 2 is 1.11 bits per heavy atom. The van der Waals surface area contributed by atoms with Gasteiger partial charge in [-0.2, -0.15) is 0 Å². The number of aromatic nitrogens is 1. The molecule has 0 bridgehead atoms. The lowest BCUT2D eigenvalue weighted by atomic mass is 10.1. The highest BCUT2D eigenvalue weighted by Gasteiger charge is 2.00. The number of halogens is 2. The second kappa shape index (κ2) is 6.43. The Morgan fingerprint density at radius 3 is 1.53 bits per heavy atom. The average molecular weight is 300 g/mol. The molecule has 0 aliphatic carbocycles. The van der Waals surface area contributed by atoms with Crippen LogP contribution >= 0.6 is 24.8 Å². The van der Waals surface area contributed by atoms with E-state index in [1.54, 1.807) is 0 Å². The zero-order valence-corrected chi connectivity index (χ0v) is 11.6. The fourth-order valence-corrected chi connectivity index (χ4v) is 1.86. The lowest BCUT2D eigenvalue weighted by Crippen LogP contribution is -1.89. The molecule has 4 nitrogen and oxygen atoms in total. The number of nitrogens with zero attached hydrogens (tertiary/aromatic N) is 1. The second-order valence-corrected chi connectivity index (χ2v) is 3.89. The fraction of sp³-hybridized carbons (Fsp3) is 0. The molecule has 2 aromatic carbocycles. The van der Waals surface area contributed by atoms with E-state index in [-0.39, 0.29) is 30.3 Å². The van der Waals surface area contributed by atoms with Crippen LogP contribution in [0, 0.1) is 0 Å². The lowest BCUT2D eigenvalue weighted by Gasteiger charge is -2.03. The van der Waals surface area contributed by atoms with Gasteiger partial charge in [-0.25, -0.2) is 4.98 Å². The third-order valence-electron chi connectivity index (χ3n) is 2.66. The standard InChI is InChI=1S/C13H11N3.2ClH.H2O/c14-10-3-1-8-5-9-2-4-11(15)7-13(9)16-12(8)6-10;;;/h1-7H,14-15H2;2*1H;1H2. The molecule has 0 amide bonds. The van der Waals surface area contributed by atoms with Crippen molar-refractivity contribution in [1.29, 1.82) is 0 Å². The number of anilines is 2. The van der Waals surface area contributed by atoms with Crippen LogP contribution in [0.15, 0.2) is 42.5 Å². The molecule has 1 aromatic heterocycles. The van der Waals surface area contributed by atoms with Gasteiger partial charge in [0.1, 0.15) is 0 Å². The molecule has 0 saturated carbocycles. The molecule has 0 radical (unpaired) electrons. The van der Waals surface area contributed by atoms with Crippen LogP contribution in [0.5, 0.6) is 0 Å². The van der Waals surface area contributed by atoms with Gasteiger partial charge in [-0.15, -0.1) is 24.8 Å². The molecule has 3 rings (SSSR count). The number of pyridine rings is 1. The summed E-state index contributed by atoms with van der Waals surface area (Å²) < 4.78 is 0. The summed E-state index contributed by atoms with van der Waals surface area (Å²) in [6, 6.07) is 13.6. The summed E-state index contributed by atoms with van der Waals surface area (Å²) in [6.07, 6.45) is 0. The number of fused-ring (bicyclic) bond motifs is 2. The Balaban J connectivity index is 0.00000108. The minimum atomic E-state index is 0. The number of hydrogen-bond donors (Lipinski definition) is 2. The van der Waals surface area contributed by atoms with Crippen molar-refractivity contribution in [2.45, 2.75) is 0 Å². The van der Waals surface area contributed by atoms with Crippen molar-refractivity contribution in [3.05, 3.63) is 42.5 Å². The van der Waals surface area contributed by atoms with Gasteiger partial charge in [-0.1, -0.05) is 12.1 Å². The first-order valence-corrected chi connectivity index (χ1v) is 5.08. The highest BCUT2D eigenvalue weighted by atomic mass is 35.5. The van der Waals surface area contributed by atoms with E-state index < -0.39 is 0 Å². The summed E-state index contributed by atoms with van der Waals surface area (Å²) >= 11 is 0. The summed E-state index contributed by atoms with van der Waals surface area (Å²) in [6.45, 7) is 0. The van der Waals surface area contributed by atoms with Crippen molar-refractivity contribution < 1.29 is 5.48 Å². The van der Waals surface area contributed by atoms with Crippen LogP contribution in [0.25, 0.3) is 21.8 Å². The highest BCUT2D eigenvalue weighted by Crippen LogP contribution is 2.22. The molecular formula is C13H15Cl2N3O. The molecule has 3 aromatic rings. The van der Waals surface area contributed by atoms with E-state index in [0.717, 1.165) is 33.2 Å². The molecule has 19 heavy (non-hydrogen) atoms. The largest absolute Gasteiger partial charge is 0.412 e. The van der Waals surface area contributed by atoms with Gasteiger partial charge in [0.05, 0.1) is 11.0 Å². The predicted octanol–water partition coefficient (Wildman–Crippen LogP) is 2.57. The third-order valence-corrected chi connectivity index (χ3v) is 2.66. The van der Waals surface area contributed by atoms with E-state index in [1.807, 2.05) is 36.4 Å². The van der Waals surface area contributed by atoms with Crippen LogP contribution in [-0.2, 0) is 0 Å². The van der Waals surface area contributed by atoms with Crippen LogP contribution in [-0.4, -0.2) is 10.5 Å². The third kappa shape index (κ3) is 3.17. The SMILES string of the molecule is Cl.Cl.Nc1ccc2cc3ccc(N)cc3nc2c1.O.